The van der Waals surface area contributed by atoms with Gasteiger partial charge < -0.3 is 14.4 Å². The highest BCUT2D eigenvalue weighted by atomic mass is 32.1. The smallest absolute Gasteiger partial charge is 0.160 e. The molecule has 4 unspecified atom stereocenters. The summed E-state index contributed by atoms with van der Waals surface area (Å²) in [5, 5.41) is 0. The minimum absolute atomic E-state index is 0.0314. The summed E-state index contributed by atoms with van der Waals surface area (Å²) in [5.74, 6) is 3.16. The minimum Gasteiger partial charge on any atom is -0.493 e. The summed E-state index contributed by atoms with van der Waals surface area (Å²) in [6.45, 7) is 19.7. The van der Waals surface area contributed by atoms with Crippen LogP contribution < -0.4 is 14.4 Å². The van der Waals surface area contributed by atoms with Gasteiger partial charge in [0.25, 0.3) is 0 Å². The van der Waals surface area contributed by atoms with Crippen LogP contribution in [0.1, 0.15) is 196 Å². The van der Waals surface area contributed by atoms with Crippen LogP contribution in [-0.4, -0.2) is 69.9 Å². The van der Waals surface area contributed by atoms with Crippen molar-refractivity contribution in [2.75, 3.05) is 31.7 Å². The van der Waals surface area contributed by atoms with E-state index in [1.807, 2.05) is 52.4 Å². The van der Waals surface area contributed by atoms with Gasteiger partial charge in [-0.25, -0.2) is 19.9 Å². The van der Waals surface area contributed by atoms with Crippen LogP contribution in [0.2, 0.25) is 0 Å². The van der Waals surface area contributed by atoms with Gasteiger partial charge in [-0.3, -0.25) is 19.2 Å². The Morgan fingerprint density at radius 3 is 1.24 bits per heavy atom. The Morgan fingerprint density at radius 1 is 0.394 bits per heavy atom. The lowest BCUT2D eigenvalue weighted by Gasteiger charge is -2.47. The number of ketones is 4. The van der Waals surface area contributed by atoms with Crippen molar-refractivity contribution in [2.24, 2.45) is 21.7 Å². The van der Waals surface area contributed by atoms with Gasteiger partial charge in [0.1, 0.15) is 18.1 Å². The first-order chi connectivity index (χ1) is 47.5. The first-order valence-electron chi connectivity index (χ1n) is 35.5. The molecule has 7 heterocycles. The SMILES string of the molecule is CC1(C)CC(=O)C2=C(Cc3ncsc3C23CCCc2ccccc23)C1.CC1(C)CC(=O)C2=C(Cc3ncsc3C23CCOc2ccccc23)C1.CC1(C)CC(=O)C2=C(Cc3ncsc3C23COc2ccccc23)C1.CN1CC2(C3=C(Cc4ncsc42)CC(C)(C)CC3=O)c2ccccc21. The second-order valence-corrected chi connectivity index (χ2v) is 36.7. The van der Waals surface area contributed by atoms with Crippen LogP contribution in [0.15, 0.2) is 164 Å². The zero-order chi connectivity index (χ0) is 68.4. The lowest BCUT2D eigenvalue weighted by Crippen LogP contribution is -2.44. The number of aryl methyl sites for hydroxylation is 1. The topological polar surface area (TPSA) is 142 Å². The van der Waals surface area contributed by atoms with E-state index in [-0.39, 0.29) is 37.9 Å². The van der Waals surface area contributed by atoms with Crippen molar-refractivity contribution in [3.8, 4) is 11.5 Å². The van der Waals surface area contributed by atoms with E-state index < -0.39 is 5.41 Å². The van der Waals surface area contributed by atoms with Crippen LogP contribution in [0.4, 0.5) is 5.69 Å². The number of hydrogen-bond acceptors (Lipinski definition) is 15. The normalized spacial score (nSPS) is 26.8. The number of likely N-dealkylation sites (N-methyl/N-ethyl adjacent to an activating group) is 1. The van der Waals surface area contributed by atoms with E-state index in [0.29, 0.717) is 62.0 Å². The van der Waals surface area contributed by atoms with E-state index in [4.69, 9.17) is 19.4 Å². The Hall–Kier alpha value is -7.56. The highest BCUT2D eigenvalue weighted by Gasteiger charge is 2.59. The number of anilines is 1. The summed E-state index contributed by atoms with van der Waals surface area (Å²) in [5.41, 5.74) is 28.5. The Bertz CT molecular complexity index is 4740. The average molecular weight is 1390 g/mol. The standard InChI is InChI=1S/C22H23NOS.C21H22N2OS.C21H21NO2S.C20H19NO2S/c1-21(2)11-15-10-17-20(25-13-23-17)22(19(15)18(24)12-21)9-5-7-14-6-3-4-8-16(14)22;1-20(2)9-13-8-15-19(25-12-22-15)21(18(13)17(24)10-20)11-23(3)16-7-5-4-6-14(16)21;1-20(2)10-13-9-15-19(25-12-22-15)21(18(13)16(23)11-20)7-8-24-17-6-4-3-5-14(17)21;1-19(2)8-12-7-14-18(24-11-21-14)20(17(12)15(22)9-19)10-23-16-6-4-3-5-13(16)20/h3-4,6,8,13H,5,7,9-12H2,1-2H3;4-7,12H,8-11H2,1-3H3;3-6,12H,7-11H2,1-2H3;3-6,11H,7-10H2,1-2H3. The maximum Gasteiger partial charge on any atom is 0.160 e. The van der Waals surface area contributed by atoms with Gasteiger partial charge in [-0.15, -0.1) is 45.3 Å². The molecular formula is C84H85N5O6S4. The summed E-state index contributed by atoms with van der Waals surface area (Å²) < 4.78 is 12.0. The lowest BCUT2D eigenvalue weighted by atomic mass is 9.56. The highest BCUT2D eigenvalue weighted by Crippen LogP contribution is 2.63. The lowest BCUT2D eigenvalue weighted by molar-refractivity contribution is -0.119. The van der Waals surface area contributed by atoms with Crippen molar-refractivity contribution in [3.63, 3.8) is 0 Å². The molecule has 4 aromatic heterocycles. The number of benzene rings is 4. The van der Waals surface area contributed by atoms with Crippen LogP contribution in [-0.2, 0) is 72.9 Å². The zero-order valence-corrected chi connectivity index (χ0v) is 61.6. The molecule has 8 aromatic rings. The van der Waals surface area contributed by atoms with Gasteiger partial charge in [0, 0.05) is 130 Å². The van der Waals surface area contributed by atoms with Gasteiger partial charge in [-0.05, 0) is 101 Å². The van der Waals surface area contributed by atoms with Crippen LogP contribution >= 0.6 is 45.3 Å². The molecule has 0 amide bonds. The molecule has 0 radical (unpaired) electrons. The monoisotopic (exact) mass is 1390 g/mol. The number of rotatable bonds is 0. The minimum atomic E-state index is -0.436. The van der Waals surface area contributed by atoms with Crippen LogP contribution in [0.5, 0.6) is 11.5 Å². The number of para-hydroxylation sites is 3. The third-order valence-electron chi connectivity index (χ3n) is 23.8. The number of ether oxygens (including phenoxy) is 2. The molecule has 12 aliphatic rings. The van der Waals surface area contributed by atoms with Crippen LogP contribution in [0, 0.1) is 21.7 Å². The fourth-order valence-electron chi connectivity index (χ4n) is 20.7. The number of thiazole rings is 4. The molecule has 4 atom stereocenters. The predicted octanol–water partition coefficient (Wildman–Crippen LogP) is 17.6. The van der Waals surface area contributed by atoms with Gasteiger partial charge in [0.05, 0.1) is 73.1 Å². The molecule has 4 aromatic carbocycles. The van der Waals surface area contributed by atoms with Crippen molar-refractivity contribution in [1.82, 2.24) is 19.9 Å². The van der Waals surface area contributed by atoms with Crippen molar-refractivity contribution in [3.05, 3.63) is 234 Å². The van der Waals surface area contributed by atoms with E-state index in [1.54, 1.807) is 45.3 Å². The maximum atomic E-state index is 13.4. The molecule has 506 valence electrons. The molecule has 4 spiro atoms. The van der Waals surface area contributed by atoms with Crippen LogP contribution in [0.3, 0.4) is 0 Å². The number of carbonyl (C=O) groups is 4. The Balaban J connectivity index is 0.0000000990. The molecule has 3 aliphatic heterocycles. The van der Waals surface area contributed by atoms with Crippen molar-refractivity contribution in [1.29, 1.82) is 0 Å². The quantitative estimate of drug-likeness (QED) is 0.143. The van der Waals surface area contributed by atoms with Gasteiger partial charge >= 0.3 is 0 Å². The molecule has 0 saturated carbocycles. The first kappa shape index (κ1) is 64.8. The molecule has 0 bridgehead atoms. The molecule has 99 heavy (non-hydrogen) atoms. The summed E-state index contributed by atoms with van der Waals surface area (Å²) >= 11 is 6.84. The summed E-state index contributed by atoms with van der Waals surface area (Å²) in [6.07, 6.45) is 14.0. The first-order valence-corrected chi connectivity index (χ1v) is 39.1. The Kier molecular flexibility index (Phi) is 15.2. The van der Waals surface area contributed by atoms with Gasteiger partial charge in [-0.2, -0.15) is 0 Å². The predicted molar refractivity (Wildman–Crippen MR) is 394 cm³/mol. The van der Waals surface area contributed by atoms with Crippen molar-refractivity contribution in [2.45, 2.75) is 180 Å². The number of fused-ring (bicyclic) bond motifs is 20. The fraction of sp³-hybridized carbons (Fsp3) is 0.429. The van der Waals surface area contributed by atoms with Gasteiger partial charge in [-0.1, -0.05) is 157 Å². The molecular weight excluding hydrogens is 1300 g/mol. The average Bonchev–Trinajstić information content (AvgIpc) is 1.64. The highest BCUT2D eigenvalue weighted by molar-refractivity contribution is 7.11. The number of allylic oxidation sites excluding steroid dienone is 6. The molecule has 0 N–H and O–H groups in total. The molecule has 15 heteroatoms. The number of nitrogens with zero attached hydrogens (tertiary/aromatic N) is 5. The summed E-state index contributed by atoms with van der Waals surface area (Å²) in [6, 6.07) is 33.8. The van der Waals surface area contributed by atoms with E-state index >= 15 is 0 Å². The molecule has 0 saturated heterocycles. The number of hydrogen-bond donors (Lipinski definition) is 0. The third kappa shape index (κ3) is 10.0. The van der Waals surface area contributed by atoms with Crippen molar-refractivity contribution >= 4 is 74.2 Å². The zero-order valence-electron chi connectivity index (χ0n) is 58.3. The molecule has 0 fully saturated rings. The fourth-order valence-corrected chi connectivity index (χ4v) is 24.9. The van der Waals surface area contributed by atoms with Gasteiger partial charge in [0.2, 0.25) is 0 Å². The summed E-state index contributed by atoms with van der Waals surface area (Å²) in [4.78, 5) is 79.4. The van der Waals surface area contributed by atoms with Crippen molar-refractivity contribution < 1.29 is 28.7 Å². The van der Waals surface area contributed by atoms with E-state index in [2.05, 4.69) is 144 Å². The van der Waals surface area contributed by atoms with E-state index in [1.165, 1.54) is 75.6 Å². The molecule has 9 aliphatic carbocycles. The number of aromatic nitrogens is 4. The molecule has 11 nitrogen and oxygen atoms in total. The molecule has 20 rings (SSSR count). The second-order valence-electron chi connectivity index (χ2n) is 33.3. The largest absolute Gasteiger partial charge is 0.493 e. The van der Waals surface area contributed by atoms with Gasteiger partial charge in [0.15, 0.2) is 23.1 Å². The summed E-state index contributed by atoms with van der Waals surface area (Å²) in [7, 11) is 2.14. The van der Waals surface area contributed by atoms with Crippen LogP contribution in [0.25, 0.3) is 0 Å². The second kappa shape index (κ2) is 23.2. The van der Waals surface area contributed by atoms with E-state index in [9.17, 15) is 19.2 Å². The third-order valence-corrected chi connectivity index (χ3v) is 27.9. The maximum absolute atomic E-state index is 13.4. The Morgan fingerprint density at radius 2 is 0.758 bits per heavy atom. The Labute approximate surface area is 597 Å². The number of Topliss-reactive ketones (excluding diaryl/α,β-unsaturated/α-hetero) is 4. The number of carbonyl (C=O) groups excluding carboxylic acids is 4. The van der Waals surface area contributed by atoms with E-state index in [0.717, 1.165) is 140 Å².